The largest absolute Gasteiger partial charge is 0.496 e. The lowest BCUT2D eigenvalue weighted by atomic mass is 10.0. The fourth-order valence-electron chi connectivity index (χ4n) is 2.08. The molecule has 0 aliphatic carbocycles. The molecule has 0 radical (unpaired) electrons. The van der Waals surface area contributed by atoms with Gasteiger partial charge in [0, 0.05) is 19.6 Å². The lowest BCUT2D eigenvalue weighted by Crippen LogP contribution is -2.43. The van der Waals surface area contributed by atoms with Crippen LogP contribution in [0.15, 0.2) is 18.2 Å². The second-order valence-electron chi connectivity index (χ2n) is 4.91. The van der Waals surface area contributed by atoms with E-state index in [0.717, 1.165) is 5.56 Å². The molecule has 1 saturated heterocycles. The maximum Gasteiger partial charge on any atom is 0.255 e. The number of ether oxygens (including phenoxy) is 2. The molecular formula is C14H19NO4. The van der Waals surface area contributed by atoms with Gasteiger partial charge in [0.2, 0.25) is 0 Å². The Hall–Kier alpha value is -1.59. The van der Waals surface area contributed by atoms with E-state index < -0.39 is 5.60 Å². The van der Waals surface area contributed by atoms with E-state index in [-0.39, 0.29) is 19.1 Å². The second-order valence-corrected chi connectivity index (χ2v) is 4.91. The van der Waals surface area contributed by atoms with Crippen LogP contribution in [0.25, 0.3) is 0 Å². The number of carbonyl (C=O) groups excluding carboxylic acids is 1. The molecule has 1 aliphatic rings. The molecule has 1 fully saturated rings. The summed E-state index contributed by atoms with van der Waals surface area (Å²) in [5.74, 6) is 0.277. The predicted octanol–water partition coefficient (Wildman–Crippen LogP) is 0.885. The van der Waals surface area contributed by atoms with E-state index >= 15 is 0 Å². The number of hydrogen-bond acceptors (Lipinski definition) is 4. The smallest absolute Gasteiger partial charge is 0.255 e. The van der Waals surface area contributed by atoms with Gasteiger partial charge in [0.05, 0.1) is 19.3 Å². The van der Waals surface area contributed by atoms with Crippen molar-refractivity contribution in [2.45, 2.75) is 18.9 Å². The van der Waals surface area contributed by atoms with Crippen molar-refractivity contribution in [1.82, 2.24) is 5.32 Å². The highest BCUT2D eigenvalue weighted by molar-refractivity contribution is 5.97. The standard InChI is InChI=1S/C14H19NO4/c1-10-3-4-12(18-2)11(7-10)13(16)15-8-14(17)5-6-19-9-14/h3-4,7,17H,5-6,8-9H2,1-2H3,(H,15,16). The quantitative estimate of drug-likeness (QED) is 0.848. The normalized spacial score (nSPS) is 22.3. The first kappa shape index (κ1) is 13.8. The van der Waals surface area contributed by atoms with Gasteiger partial charge in [-0.15, -0.1) is 0 Å². The number of carbonyl (C=O) groups is 1. The molecule has 1 heterocycles. The molecule has 2 rings (SSSR count). The zero-order chi connectivity index (χ0) is 13.9. The van der Waals surface area contributed by atoms with Gasteiger partial charge >= 0.3 is 0 Å². The molecule has 1 aliphatic heterocycles. The minimum absolute atomic E-state index is 0.183. The van der Waals surface area contributed by atoms with Gasteiger partial charge in [0.1, 0.15) is 11.4 Å². The number of benzene rings is 1. The maximum atomic E-state index is 12.1. The van der Waals surface area contributed by atoms with E-state index in [1.54, 1.807) is 12.1 Å². The molecule has 1 amide bonds. The third kappa shape index (κ3) is 3.24. The molecule has 0 aromatic heterocycles. The van der Waals surface area contributed by atoms with Gasteiger partial charge in [-0.1, -0.05) is 11.6 Å². The van der Waals surface area contributed by atoms with Crippen LogP contribution in [0, 0.1) is 6.92 Å². The SMILES string of the molecule is COc1ccc(C)cc1C(=O)NCC1(O)CCOC1. The zero-order valence-corrected chi connectivity index (χ0v) is 11.2. The summed E-state index contributed by atoms with van der Waals surface area (Å²) in [4.78, 5) is 12.1. The molecule has 0 saturated carbocycles. The van der Waals surface area contributed by atoms with Crippen LogP contribution in [0.1, 0.15) is 22.3 Å². The number of aryl methyl sites for hydroxylation is 1. The summed E-state index contributed by atoms with van der Waals surface area (Å²) < 4.78 is 10.3. The van der Waals surface area contributed by atoms with Gasteiger partial charge in [-0.25, -0.2) is 0 Å². The fourth-order valence-corrected chi connectivity index (χ4v) is 2.08. The van der Waals surface area contributed by atoms with Crippen molar-refractivity contribution in [3.63, 3.8) is 0 Å². The van der Waals surface area contributed by atoms with Crippen LogP contribution in [-0.4, -0.2) is 43.5 Å². The van der Waals surface area contributed by atoms with Crippen LogP contribution in [0.5, 0.6) is 5.75 Å². The van der Waals surface area contributed by atoms with Gasteiger partial charge in [-0.3, -0.25) is 4.79 Å². The first-order valence-electron chi connectivity index (χ1n) is 6.27. The second kappa shape index (κ2) is 5.59. The van der Waals surface area contributed by atoms with E-state index in [2.05, 4.69) is 5.32 Å². The Morgan fingerprint density at radius 3 is 3.00 bits per heavy atom. The highest BCUT2D eigenvalue weighted by atomic mass is 16.5. The molecule has 1 aromatic rings. The van der Waals surface area contributed by atoms with Gasteiger partial charge < -0.3 is 19.9 Å². The summed E-state index contributed by atoms with van der Waals surface area (Å²) in [6.07, 6.45) is 0.540. The summed E-state index contributed by atoms with van der Waals surface area (Å²) in [6, 6.07) is 5.41. The minimum atomic E-state index is -0.952. The van der Waals surface area contributed by atoms with E-state index in [0.29, 0.717) is 24.3 Å². The predicted molar refractivity (Wildman–Crippen MR) is 70.5 cm³/mol. The van der Waals surface area contributed by atoms with Crippen molar-refractivity contribution in [3.05, 3.63) is 29.3 Å². The van der Waals surface area contributed by atoms with Crippen molar-refractivity contribution in [2.24, 2.45) is 0 Å². The van der Waals surface area contributed by atoms with Crippen LogP contribution < -0.4 is 10.1 Å². The third-order valence-corrected chi connectivity index (χ3v) is 3.26. The van der Waals surface area contributed by atoms with Crippen LogP contribution in [0.2, 0.25) is 0 Å². The summed E-state index contributed by atoms with van der Waals surface area (Å²) in [5.41, 5.74) is 0.506. The van der Waals surface area contributed by atoms with E-state index in [1.807, 2.05) is 13.0 Å². The summed E-state index contributed by atoms with van der Waals surface area (Å²) in [6.45, 7) is 2.88. The van der Waals surface area contributed by atoms with Gasteiger partial charge in [0.25, 0.3) is 5.91 Å². The molecule has 2 N–H and O–H groups in total. The van der Waals surface area contributed by atoms with Crippen molar-refractivity contribution >= 4 is 5.91 Å². The number of hydrogen-bond donors (Lipinski definition) is 2. The number of aliphatic hydroxyl groups is 1. The monoisotopic (exact) mass is 265 g/mol. The van der Waals surface area contributed by atoms with Crippen LogP contribution in [0.3, 0.4) is 0 Å². The summed E-state index contributed by atoms with van der Waals surface area (Å²) >= 11 is 0. The van der Waals surface area contributed by atoms with Crippen molar-refractivity contribution in [1.29, 1.82) is 0 Å². The first-order valence-corrected chi connectivity index (χ1v) is 6.27. The molecule has 1 unspecified atom stereocenters. The number of amides is 1. The molecule has 104 valence electrons. The van der Waals surface area contributed by atoms with E-state index in [4.69, 9.17) is 9.47 Å². The average Bonchev–Trinajstić information content (AvgIpc) is 2.83. The molecule has 0 spiro atoms. The van der Waals surface area contributed by atoms with E-state index in [1.165, 1.54) is 7.11 Å². The summed E-state index contributed by atoms with van der Waals surface area (Å²) in [7, 11) is 1.53. The lowest BCUT2D eigenvalue weighted by Gasteiger charge is -2.21. The highest BCUT2D eigenvalue weighted by Crippen LogP contribution is 2.21. The zero-order valence-electron chi connectivity index (χ0n) is 11.2. The Morgan fingerprint density at radius 2 is 2.37 bits per heavy atom. The number of methoxy groups -OCH3 is 1. The maximum absolute atomic E-state index is 12.1. The topological polar surface area (TPSA) is 67.8 Å². The van der Waals surface area contributed by atoms with Crippen LogP contribution in [-0.2, 0) is 4.74 Å². The molecular weight excluding hydrogens is 246 g/mol. The first-order chi connectivity index (χ1) is 9.04. The van der Waals surface area contributed by atoms with E-state index in [9.17, 15) is 9.90 Å². The fraction of sp³-hybridized carbons (Fsp3) is 0.500. The molecule has 5 heteroatoms. The third-order valence-electron chi connectivity index (χ3n) is 3.26. The van der Waals surface area contributed by atoms with Crippen LogP contribution >= 0.6 is 0 Å². The highest BCUT2D eigenvalue weighted by Gasteiger charge is 2.32. The average molecular weight is 265 g/mol. The van der Waals surface area contributed by atoms with Crippen molar-refractivity contribution in [2.75, 3.05) is 26.9 Å². The Labute approximate surface area is 112 Å². The Bertz CT molecular complexity index is 467. The van der Waals surface area contributed by atoms with Gasteiger partial charge in [0.15, 0.2) is 0 Å². The Balaban J connectivity index is 2.05. The molecule has 1 atom stereocenters. The molecule has 1 aromatic carbocycles. The molecule has 5 nitrogen and oxygen atoms in total. The Kier molecular flexibility index (Phi) is 4.07. The van der Waals surface area contributed by atoms with Gasteiger partial charge in [-0.05, 0) is 19.1 Å². The molecule has 19 heavy (non-hydrogen) atoms. The van der Waals surface area contributed by atoms with Crippen LogP contribution in [0.4, 0.5) is 0 Å². The minimum Gasteiger partial charge on any atom is -0.496 e. The molecule has 0 bridgehead atoms. The Morgan fingerprint density at radius 1 is 1.58 bits per heavy atom. The van der Waals surface area contributed by atoms with Crippen molar-refractivity contribution in [3.8, 4) is 5.75 Å². The number of rotatable bonds is 4. The number of nitrogens with one attached hydrogen (secondary N) is 1. The lowest BCUT2D eigenvalue weighted by molar-refractivity contribution is 0.0264. The van der Waals surface area contributed by atoms with Gasteiger partial charge in [-0.2, -0.15) is 0 Å². The summed E-state index contributed by atoms with van der Waals surface area (Å²) in [5, 5.41) is 12.8. The van der Waals surface area contributed by atoms with Crippen molar-refractivity contribution < 1.29 is 19.4 Å².